The van der Waals surface area contributed by atoms with Crippen molar-refractivity contribution in [2.75, 3.05) is 0 Å². The molecule has 0 amide bonds. The maximum Gasteiger partial charge on any atom is 0.144 e. The number of aliphatic hydroxyl groups is 1. The number of aromatic nitrogens is 2. The molecule has 2 aromatic rings. The fourth-order valence-electron chi connectivity index (χ4n) is 1.71. The van der Waals surface area contributed by atoms with E-state index in [0.29, 0.717) is 5.82 Å². The van der Waals surface area contributed by atoms with Crippen LogP contribution in [0, 0.1) is 13.8 Å². The van der Waals surface area contributed by atoms with Crippen molar-refractivity contribution in [3.63, 3.8) is 0 Å². The topological polar surface area (TPSA) is 48.9 Å². The summed E-state index contributed by atoms with van der Waals surface area (Å²) in [6.07, 6.45) is 3.36. The molecular formula is C13H16N2O. The fourth-order valence-corrected chi connectivity index (χ4v) is 1.71. The summed E-state index contributed by atoms with van der Waals surface area (Å²) in [5.41, 5.74) is 2.18. The van der Waals surface area contributed by atoms with Crippen LogP contribution in [-0.4, -0.2) is 15.1 Å². The van der Waals surface area contributed by atoms with Crippen molar-refractivity contribution in [1.29, 1.82) is 0 Å². The predicted molar refractivity (Wildman–Crippen MR) is 63.2 cm³/mol. The van der Waals surface area contributed by atoms with E-state index < -0.39 is 5.60 Å². The Balaban J connectivity index is 2.47. The number of benzene rings is 1. The number of imidazole rings is 1. The Morgan fingerprint density at radius 2 is 2.00 bits per heavy atom. The van der Waals surface area contributed by atoms with Crippen LogP contribution in [0.1, 0.15) is 29.4 Å². The molecule has 84 valence electrons. The molecule has 1 aromatic heterocycles. The van der Waals surface area contributed by atoms with Crippen LogP contribution in [0.5, 0.6) is 0 Å². The number of nitrogens with one attached hydrogen (secondary N) is 1. The third-order valence-corrected chi connectivity index (χ3v) is 3.03. The predicted octanol–water partition coefficient (Wildman–Crippen LogP) is 2.28. The van der Waals surface area contributed by atoms with Gasteiger partial charge in [0.05, 0.1) is 0 Å². The van der Waals surface area contributed by atoms with E-state index in [-0.39, 0.29) is 0 Å². The van der Waals surface area contributed by atoms with E-state index in [9.17, 15) is 5.11 Å². The third-order valence-electron chi connectivity index (χ3n) is 3.03. The first-order valence-electron chi connectivity index (χ1n) is 5.32. The smallest absolute Gasteiger partial charge is 0.144 e. The minimum absolute atomic E-state index is 0.566. The first kappa shape index (κ1) is 10.9. The highest BCUT2D eigenvalue weighted by molar-refractivity contribution is 5.35. The molecule has 16 heavy (non-hydrogen) atoms. The van der Waals surface area contributed by atoms with Crippen molar-refractivity contribution in [3.8, 4) is 0 Å². The average Bonchev–Trinajstić information content (AvgIpc) is 2.75. The lowest BCUT2D eigenvalue weighted by atomic mass is 9.92. The SMILES string of the molecule is Cc1ccc([C@@](C)(O)c2ncc[nH]2)cc1C. The van der Waals surface area contributed by atoms with Gasteiger partial charge in [0.1, 0.15) is 11.4 Å². The highest BCUT2D eigenvalue weighted by Gasteiger charge is 2.28. The number of aromatic amines is 1. The number of H-pyrrole nitrogens is 1. The molecule has 0 radical (unpaired) electrons. The van der Waals surface area contributed by atoms with E-state index in [4.69, 9.17) is 0 Å². The normalized spacial score (nSPS) is 14.8. The summed E-state index contributed by atoms with van der Waals surface area (Å²) < 4.78 is 0. The maximum atomic E-state index is 10.5. The first-order valence-corrected chi connectivity index (χ1v) is 5.32. The highest BCUT2D eigenvalue weighted by atomic mass is 16.3. The molecule has 0 saturated heterocycles. The summed E-state index contributed by atoms with van der Waals surface area (Å²) in [6.45, 7) is 5.84. The Morgan fingerprint density at radius 3 is 2.56 bits per heavy atom. The minimum atomic E-state index is -1.07. The molecule has 0 aliphatic rings. The summed E-state index contributed by atoms with van der Waals surface area (Å²) in [4.78, 5) is 7.06. The largest absolute Gasteiger partial charge is 0.377 e. The molecule has 1 heterocycles. The zero-order chi connectivity index (χ0) is 11.8. The molecule has 1 atom stereocenters. The van der Waals surface area contributed by atoms with Crippen molar-refractivity contribution in [3.05, 3.63) is 53.1 Å². The second kappa shape index (κ2) is 3.76. The summed E-state index contributed by atoms with van der Waals surface area (Å²) >= 11 is 0. The van der Waals surface area contributed by atoms with Crippen LogP contribution in [0.4, 0.5) is 0 Å². The van der Waals surface area contributed by atoms with Gasteiger partial charge in [-0.05, 0) is 37.5 Å². The van der Waals surface area contributed by atoms with Gasteiger partial charge in [-0.25, -0.2) is 4.98 Å². The number of rotatable bonds is 2. The molecule has 0 aliphatic carbocycles. The van der Waals surface area contributed by atoms with Gasteiger partial charge in [-0.15, -0.1) is 0 Å². The number of hydrogen-bond donors (Lipinski definition) is 2. The van der Waals surface area contributed by atoms with Gasteiger partial charge in [-0.3, -0.25) is 0 Å². The number of aryl methyl sites for hydroxylation is 2. The van der Waals surface area contributed by atoms with Crippen molar-refractivity contribution in [2.45, 2.75) is 26.4 Å². The van der Waals surface area contributed by atoms with Gasteiger partial charge in [-0.2, -0.15) is 0 Å². The Labute approximate surface area is 95.2 Å². The summed E-state index contributed by atoms with van der Waals surface area (Å²) in [6, 6.07) is 5.95. The van der Waals surface area contributed by atoms with Crippen LogP contribution < -0.4 is 0 Å². The number of nitrogens with zero attached hydrogens (tertiary/aromatic N) is 1. The van der Waals surface area contributed by atoms with E-state index in [0.717, 1.165) is 5.56 Å². The van der Waals surface area contributed by atoms with Crippen LogP contribution in [0.2, 0.25) is 0 Å². The van der Waals surface area contributed by atoms with Crippen LogP contribution in [-0.2, 0) is 5.60 Å². The molecule has 0 spiro atoms. The van der Waals surface area contributed by atoms with Crippen molar-refractivity contribution < 1.29 is 5.11 Å². The fraction of sp³-hybridized carbons (Fsp3) is 0.308. The Morgan fingerprint density at radius 1 is 1.25 bits per heavy atom. The lowest BCUT2D eigenvalue weighted by Crippen LogP contribution is -2.24. The van der Waals surface area contributed by atoms with Crippen LogP contribution in [0.25, 0.3) is 0 Å². The quantitative estimate of drug-likeness (QED) is 0.809. The second-order valence-electron chi connectivity index (χ2n) is 4.31. The van der Waals surface area contributed by atoms with Crippen molar-refractivity contribution in [1.82, 2.24) is 9.97 Å². The van der Waals surface area contributed by atoms with Gasteiger partial charge in [-0.1, -0.05) is 18.2 Å². The van der Waals surface area contributed by atoms with Crippen LogP contribution >= 0.6 is 0 Å². The van der Waals surface area contributed by atoms with Gasteiger partial charge in [0.15, 0.2) is 0 Å². The van der Waals surface area contributed by atoms with Crippen LogP contribution in [0.3, 0.4) is 0 Å². The van der Waals surface area contributed by atoms with E-state index in [1.165, 1.54) is 11.1 Å². The van der Waals surface area contributed by atoms with Crippen molar-refractivity contribution >= 4 is 0 Å². The molecule has 0 fully saturated rings. The number of hydrogen-bond acceptors (Lipinski definition) is 2. The zero-order valence-electron chi connectivity index (χ0n) is 9.78. The van der Waals surface area contributed by atoms with E-state index in [2.05, 4.69) is 16.9 Å². The molecule has 1 aromatic carbocycles. The second-order valence-corrected chi connectivity index (χ2v) is 4.31. The monoisotopic (exact) mass is 216 g/mol. The van der Waals surface area contributed by atoms with E-state index in [1.54, 1.807) is 19.3 Å². The van der Waals surface area contributed by atoms with Crippen molar-refractivity contribution in [2.24, 2.45) is 0 Å². The lowest BCUT2D eigenvalue weighted by Gasteiger charge is -2.22. The minimum Gasteiger partial charge on any atom is -0.377 e. The highest BCUT2D eigenvalue weighted by Crippen LogP contribution is 2.27. The first-order chi connectivity index (χ1) is 7.51. The molecule has 0 aliphatic heterocycles. The summed E-state index contributed by atoms with van der Waals surface area (Å²) in [5, 5.41) is 10.5. The summed E-state index contributed by atoms with van der Waals surface area (Å²) in [7, 11) is 0. The maximum absolute atomic E-state index is 10.5. The standard InChI is InChI=1S/C13H16N2O/c1-9-4-5-11(8-10(9)2)13(3,16)12-14-6-7-15-12/h4-8,16H,1-3H3,(H,14,15)/t13-/m1/s1. The molecule has 0 saturated carbocycles. The molecule has 3 nitrogen and oxygen atoms in total. The zero-order valence-corrected chi connectivity index (χ0v) is 9.78. The Kier molecular flexibility index (Phi) is 2.56. The van der Waals surface area contributed by atoms with Gasteiger partial charge < -0.3 is 10.1 Å². The molecule has 0 unspecified atom stereocenters. The lowest BCUT2D eigenvalue weighted by molar-refractivity contribution is 0.0931. The van der Waals surface area contributed by atoms with Gasteiger partial charge >= 0.3 is 0 Å². The summed E-state index contributed by atoms with van der Waals surface area (Å²) in [5.74, 6) is 0.566. The molecular weight excluding hydrogens is 200 g/mol. The van der Waals surface area contributed by atoms with Gasteiger partial charge in [0.25, 0.3) is 0 Å². The Hall–Kier alpha value is -1.61. The third kappa shape index (κ3) is 1.74. The van der Waals surface area contributed by atoms with Gasteiger partial charge in [0, 0.05) is 12.4 Å². The van der Waals surface area contributed by atoms with E-state index in [1.807, 2.05) is 25.1 Å². The average molecular weight is 216 g/mol. The van der Waals surface area contributed by atoms with E-state index >= 15 is 0 Å². The molecule has 3 heteroatoms. The molecule has 2 N–H and O–H groups in total. The molecule has 0 bridgehead atoms. The van der Waals surface area contributed by atoms with Gasteiger partial charge in [0.2, 0.25) is 0 Å². The molecule has 2 rings (SSSR count). The van der Waals surface area contributed by atoms with Crippen LogP contribution in [0.15, 0.2) is 30.6 Å². The Bertz CT molecular complexity index is 487.